The summed E-state index contributed by atoms with van der Waals surface area (Å²) in [7, 11) is 3.12. The second-order valence-corrected chi connectivity index (χ2v) is 8.27. The Bertz CT molecular complexity index is 1070. The number of aliphatic hydroxyl groups is 3. The zero-order valence-corrected chi connectivity index (χ0v) is 16.9. The van der Waals surface area contributed by atoms with Gasteiger partial charge in [-0.05, 0) is 44.5 Å². The fourth-order valence-electron chi connectivity index (χ4n) is 5.18. The van der Waals surface area contributed by atoms with Gasteiger partial charge in [-0.15, -0.1) is 0 Å². The van der Waals surface area contributed by atoms with Crippen molar-refractivity contribution in [2.75, 3.05) is 14.1 Å². The molecule has 0 spiro atoms. The topological polar surface area (TPSA) is 193 Å². The molecule has 8 N–H and O–H groups in total. The summed E-state index contributed by atoms with van der Waals surface area (Å²) in [5.74, 6) is -6.43. The lowest BCUT2D eigenvalue weighted by Crippen LogP contribution is -2.65. The van der Waals surface area contributed by atoms with Crippen molar-refractivity contribution in [3.05, 3.63) is 46.2 Å². The zero-order valence-electron chi connectivity index (χ0n) is 16.9. The molecule has 10 nitrogen and oxygen atoms in total. The third-order valence-electron chi connectivity index (χ3n) is 6.46. The second kappa shape index (κ2) is 7.19. The van der Waals surface area contributed by atoms with E-state index >= 15 is 0 Å². The summed E-state index contributed by atoms with van der Waals surface area (Å²) in [4.78, 5) is 39.7. The Morgan fingerprint density at radius 3 is 2.42 bits per heavy atom. The van der Waals surface area contributed by atoms with Crippen LogP contribution in [0.4, 0.5) is 0 Å². The van der Waals surface area contributed by atoms with Crippen LogP contribution in [0.15, 0.2) is 35.1 Å². The van der Waals surface area contributed by atoms with Gasteiger partial charge in [0.2, 0.25) is 5.78 Å². The molecule has 4 atom stereocenters. The first-order valence-corrected chi connectivity index (χ1v) is 9.47. The molecule has 0 radical (unpaired) electrons. The molecule has 0 bridgehead atoms. The van der Waals surface area contributed by atoms with Crippen LogP contribution in [0.25, 0.3) is 5.76 Å². The number of amides is 1. The first-order chi connectivity index (χ1) is 14.0. The summed E-state index contributed by atoms with van der Waals surface area (Å²) in [6, 6.07) is 3.62. The predicted octanol–water partition coefficient (Wildman–Crippen LogP) is -0.861. The Hall–Kier alpha value is -3.21. The Balaban J connectivity index is 0.00000272. The minimum Gasteiger partial charge on any atom is -0.508 e. The van der Waals surface area contributed by atoms with Gasteiger partial charge in [-0.1, -0.05) is 12.1 Å². The molecule has 0 unspecified atom stereocenters. The number of rotatable bonds is 2. The highest BCUT2D eigenvalue weighted by molar-refractivity contribution is 6.24. The van der Waals surface area contributed by atoms with Crippen molar-refractivity contribution in [2.24, 2.45) is 17.6 Å². The van der Waals surface area contributed by atoms with Crippen LogP contribution in [0, 0.1) is 11.8 Å². The van der Waals surface area contributed by atoms with Crippen LogP contribution < -0.4 is 5.73 Å². The van der Waals surface area contributed by atoms with Crippen molar-refractivity contribution in [3.8, 4) is 5.75 Å². The van der Waals surface area contributed by atoms with Crippen LogP contribution >= 0.6 is 0 Å². The van der Waals surface area contributed by atoms with Crippen LogP contribution in [0.2, 0.25) is 0 Å². The van der Waals surface area contributed by atoms with Crippen LogP contribution in [-0.2, 0) is 20.8 Å². The van der Waals surface area contributed by atoms with Gasteiger partial charge < -0.3 is 31.6 Å². The average Bonchev–Trinajstić information content (AvgIpc) is 2.64. The van der Waals surface area contributed by atoms with Crippen molar-refractivity contribution in [1.82, 2.24) is 4.90 Å². The Kier molecular flexibility index (Phi) is 5.21. The molecule has 0 aromatic heterocycles. The van der Waals surface area contributed by atoms with Gasteiger partial charge >= 0.3 is 0 Å². The number of aliphatic hydroxyl groups excluding tert-OH is 2. The van der Waals surface area contributed by atoms with Crippen molar-refractivity contribution in [3.63, 3.8) is 0 Å². The third-order valence-corrected chi connectivity index (χ3v) is 6.46. The van der Waals surface area contributed by atoms with Gasteiger partial charge in [0.05, 0.1) is 11.6 Å². The number of Topliss-reactive ketones (excluding diaryl/α,β-unsaturated/α-hetero) is 2. The first kappa shape index (κ1) is 22.5. The molecule has 1 aromatic rings. The molecule has 1 aromatic carbocycles. The lowest BCUT2D eigenvalue weighted by molar-refractivity contribution is -0.153. The Labute approximate surface area is 177 Å². The van der Waals surface area contributed by atoms with Crippen molar-refractivity contribution < 1.29 is 40.3 Å². The largest absolute Gasteiger partial charge is 0.508 e. The Morgan fingerprint density at radius 2 is 1.84 bits per heavy atom. The lowest BCUT2D eigenvalue weighted by Gasteiger charge is -2.50. The van der Waals surface area contributed by atoms with E-state index in [1.807, 2.05) is 0 Å². The Morgan fingerprint density at radius 1 is 1.19 bits per heavy atom. The number of primary amides is 1. The van der Waals surface area contributed by atoms with E-state index in [0.29, 0.717) is 12.0 Å². The molecule has 1 saturated carbocycles. The number of hydrogen-bond acceptors (Lipinski definition) is 8. The smallest absolute Gasteiger partial charge is 0.255 e. The van der Waals surface area contributed by atoms with Gasteiger partial charge in [-0.3, -0.25) is 19.3 Å². The van der Waals surface area contributed by atoms with E-state index in [9.17, 15) is 34.8 Å². The van der Waals surface area contributed by atoms with Gasteiger partial charge in [0, 0.05) is 11.5 Å². The number of aromatic hydroxyl groups is 1. The second-order valence-electron chi connectivity index (χ2n) is 8.27. The van der Waals surface area contributed by atoms with Crippen LogP contribution in [0.3, 0.4) is 0 Å². The average molecular weight is 432 g/mol. The minimum atomic E-state index is -2.60. The third kappa shape index (κ3) is 2.79. The molecular weight excluding hydrogens is 408 g/mol. The number of likely N-dealkylation sites (N-methyl/N-ethyl adjacent to an activating group) is 1. The summed E-state index contributed by atoms with van der Waals surface area (Å²) in [6.07, 6.45) is 0.379. The normalized spacial score (nSPS) is 29.9. The number of phenols is 1. The predicted molar refractivity (Wildman–Crippen MR) is 108 cm³/mol. The highest BCUT2D eigenvalue weighted by atomic mass is 16.3. The maximum absolute atomic E-state index is 13.5. The number of hydrogen-bond donors (Lipinski definition) is 5. The number of fused-ring (bicyclic) bond motifs is 3. The molecule has 3 aliphatic carbocycles. The molecule has 0 heterocycles. The van der Waals surface area contributed by atoms with E-state index in [2.05, 4.69) is 0 Å². The summed E-state index contributed by atoms with van der Waals surface area (Å²) in [5, 5.41) is 43.1. The van der Waals surface area contributed by atoms with E-state index in [0.717, 1.165) is 0 Å². The molecule has 31 heavy (non-hydrogen) atoms. The van der Waals surface area contributed by atoms with E-state index in [1.165, 1.54) is 11.0 Å². The number of nitrogens with zero attached hydrogens (tertiary/aromatic N) is 1. The van der Waals surface area contributed by atoms with E-state index in [-0.39, 0.29) is 28.8 Å². The summed E-state index contributed by atoms with van der Waals surface area (Å²) < 4.78 is 0. The van der Waals surface area contributed by atoms with Crippen LogP contribution in [-0.4, -0.2) is 74.0 Å². The molecule has 1 fully saturated rings. The highest BCUT2D eigenvalue weighted by Gasteiger charge is 2.64. The van der Waals surface area contributed by atoms with Gasteiger partial charge in [0.1, 0.15) is 22.8 Å². The molecule has 0 saturated heterocycles. The number of benzene rings is 1. The van der Waals surface area contributed by atoms with Gasteiger partial charge in [-0.2, -0.15) is 0 Å². The molecule has 4 rings (SSSR count). The zero-order chi connectivity index (χ0) is 22.1. The van der Waals surface area contributed by atoms with Crippen LogP contribution in [0.1, 0.15) is 17.5 Å². The molecule has 166 valence electrons. The van der Waals surface area contributed by atoms with Crippen molar-refractivity contribution >= 4 is 23.2 Å². The summed E-state index contributed by atoms with van der Waals surface area (Å²) in [6.45, 7) is 0. The molecule has 1 amide bonds. The number of carbonyl (C=O) groups is 3. The summed E-state index contributed by atoms with van der Waals surface area (Å²) >= 11 is 0. The fourth-order valence-corrected chi connectivity index (χ4v) is 5.18. The van der Waals surface area contributed by atoms with E-state index < -0.39 is 58.0 Å². The van der Waals surface area contributed by atoms with Crippen molar-refractivity contribution in [1.29, 1.82) is 0 Å². The highest BCUT2D eigenvalue weighted by Crippen LogP contribution is 2.52. The molecule has 3 aliphatic rings. The SMILES string of the molecule is CN(C)[C@@H]1C(=O)C(C(N)=O)=C(O)[C@@]2(O)C(=O)C3=C(O)c4c(O)cccc4C[C@H]3C[C@@H]12.O. The van der Waals surface area contributed by atoms with E-state index in [1.54, 1.807) is 26.2 Å². The van der Waals surface area contributed by atoms with E-state index in [4.69, 9.17) is 5.73 Å². The molecule has 0 aliphatic heterocycles. The molecular formula is C21H24N2O8. The van der Waals surface area contributed by atoms with Crippen molar-refractivity contribution in [2.45, 2.75) is 24.5 Å². The quantitative estimate of drug-likeness (QED) is 0.372. The first-order valence-electron chi connectivity index (χ1n) is 9.47. The number of ketones is 2. The van der Waals surface area contributed by atoms with Gasteiger partial charge in [-0.25, -0.2) is 0 Å². The maximum Gasteiger partial charge on any atom is 0.255 e. The molecule has 10 heteroatoms. The monoisotopic (exact) mass is 432 g/mol. The number of carbonyl (C=O) groups excluding carboxylic acids is 3. The minimum absolute atomic E-state index is 0. The van der Waals surface area contributed by atoms with Gasteiger partial charge in [0.25, 0.3) is 5.91 Å². The number of phenolic OH excluding ortho intramolecular Hbond substituents is 1. The van der Waals surface area contributed by atoms with Crippen LogP contribution in [0.5, 0.6) is 5.75 Å². The number of nitrogens with two attached hydrogens (primary N) is 1. The maximum atomic E-state index is 13.5. The fraction of sp³-hybridized carbons (Fsp3) is 0.381. The summed E-state index contributed by atoms with van der Waals surface area (Å²) in [5.41, 5.74) is 2.41. The lowest BCUT2D eigenvalue weighted by atomic mass is 9.57. The standard InChI is InChI=1S/C21H22N2O7.H2O/c1-23(2)15-10-7-9-6-8-4-3-5-11(24)12(8)16(25)13(9)18(27)21(10,30)19(28)14(17(15)26)20(22)29;/h3-5,9-10,15,24-25,28,30H,6-7H2,1-2H3,(H2,22,29);1H2/t9-,10-,15-,21-;/m0./s1. The van der Waals surface area contributed by atoms with Gasteiger partial charge in [0.15, 0.2) is 11.4 Å².